The Morgan fingerprint density at radius 1 is 0.800 bits per heavy atom. The molecule has 0 radical (unpaired) electrons. The molecule has 190 valence electrons. The quantitative estimate of drug-likeness (QED) is 0.151. The van der Waals surface area contributed by atoms with Gasteiger partial charge in [0.05, 0.1) is 27.5 Å². The summed E-state index contributed by atoms with van der Waals surface area (Å²) in [4.78, 5) is 33.2. The van der Waals surface area contributed by atoms with Gasteiger partial charge in [0.25, 0.3) is 17.3 Å². The van der Waals surface area contributed by atoms with Crippen LogP contribution in [0.15, 0.2) is 42.5 Å². The van der Waals surface area contributed by atoms with Crippen molar-refractivity contribution < 1.29 is 14.6 Å². The molecule has 0 bridgehead atoms. The molecule has 0 saturated carbocycles. The molecule has 35 heavy (non-hydrogen) atoms. The third-order valence-electron chi connectivity index (χ3n) is 6.23. The number of amides is 1. The summed E-state index contributed by atoms with van der Waals surface area (Å²) in [7, 11) is 0. The molecule has 2 rings (SSSR count). The van der Waals surface area contributed by atoms with Gasteiger partial charge in [-0.2, -0.15) is 0 Å². The molecule has 0 aliphatic heterocycles. The number of nitrogens with one attached hydrogen (secondary N) is 1. The molecule has 8 heteroatoms. The molecule has 0 unspecified atom stereocenters. The number of aryl methyl sites for hydroxylation is 1. The molecule has 0 fully saturated rings. The Labute approximate surface area is 207 Å². The van der Waals surface area contributed by atoms with Crippen molar-refractivity contribution in [2.45, 2.75) is 90.5 Å². The Balaban J connectivity index is 1.79. The van der Waals surface area contributed by atoms with Crippen LogP contribution in [0.2, 0.25) is 0 Å². The van der Waals surface area contributed by atoms with Crippen molar-refractivity contribution in [2.24, 2.45) is 0 Å². The first-order valence-corrected chi connectivity index (χ1v) is 12.7. The summed E-state index contributed by atoms with van der Waals surface area (Å²) in [5.74, 6) is -0.598. The van der Waals surface area contributed by atoms with Crippen LogP contribution >= 0.6 is 0 Å². The second-order valence-electron chi connectivity index (χ2n) is 9.12. The van der Waals surface area contributed by atoms with Crippen molar-refractivity contribution in [3.63, 3.8) is 0 Å². The second kappa shape index (κ2) is 14.9. The van der Waals surface area contributed by atoms with Gasteiger partial charge in [0.2, 0.25) is 0 Å². The van der Waals surface area contributed by atoms with Crippen molar-refractivity contribution in [2.75, 3.05) is 0 Å². The number of rotatable bonds is 16. The van der Waals surface area contributed by atoms with Crippen molar-refractivity contribution in [3.8, 4) is 0 Å². The van der Waals surface area contributed by atoms with Gasteiger partial charge >= 0.3 is 0 Å². The Morgan fingerprint density at radius 3 is 1.77 bits per heavy atom. The van der Waals surface area contributed by atoms with Gasteiger partial charge in [-0.1, -0.05) is 89.0 Å². The average Bonchev–Trinajstić information content (AvgIpc) is 2.85. The minimum Gasteiger partial charge on any atom is -0.346 e. The number of nitro groups is 2. The van der Waals surface area contributed by atoms with E-state index in [0.717, 1.165) is 36.6 Å². The Morgan fingerprint density at radius 2 is 1.29 bits per heavy atom. The van der Waals surface area contributed by atoms with Crippen LogP contribution in [0.25, 0.3) is 0 Å². The number of non-ortho nitro benzene ring substituents is 2. The normalized spacial score (nSPS) is 11.7. The number of nitrogens with zero attached hydrogens (tertiary/aromatic N) is 2. The van der Waals surface area contributed by atoms with Gasteiger partial charge in [0, 0.05) is 12.1 Å². The number of carbonyl (C=O) groups is 1. The molecular weight excluding hydrogens is 446 g/mol. The zero-order valence-electron chi connectivity index (χ0n) is 20.8. The number of hydrogen-bond donors (Lipinski definition) is 1. The van der Waals surface area contributed by atoms with Crippen molar-refractivity contribution in [1.29, 1.82) is 0 Å². The van der Waals surface area contributed by atoms with Gasteiger partial charge in [-0.25, -0.2) is 0 Å². The summed E-state index contributed by atoms with van der Waals surface area (Å²) in [5.41, 5.74) is 1.04. The van der Waals surface area contributed by atoms with Crippen LogP contribution in [0.3, 0.4) is 0 Å². The first kappa shape index (κ1) is 28.0. The zero-order valence-corrected chi connectivity index (χ0v) is 20.8. The topological polar surface area (TPSA) is 115 Å². The number of nitro benzene ring substituents is 2. The predicted octanol–water partition coefficient (Wildman–Crippen LogP) is 7.46. The van der Waals surface area contributed by atoms with Crippen molar-refractivity contribution in [1.82, 2.24) is 5.32 Å². The van der Waals surface area contributed by atoms with E-state index in [-0.39, 0.29) is 11.6 Å². The predicted molar refractivity (Wildman–Crippen MR) is 138 cm³/mol. The highest BCUT2D eigenvalue weighted by atomic mass is 16.6. The molecule has 1 atom stereocenters. The fourth-order valence-electron chi connectivity index (χ4n) is 4.09. The molecule has 0 aliphatic carbocycles. The van der Waals surface area contributed by atoms with E-state index < -0.39 is 27.1 Å². The number of unbranched alkanes of at least 4 members (excludes halogenated alkanes) is 9. The molecule has 0 spiro atoms. The molecule has 8 nitrogen and oxygen atoms in total. The summed E-state index contributed by atoms with van der Waals surface area (Å²) < 4.78 is 0. The van der Waals surface area contributed by atoms with Gasteiger partial charge in [-0.15, -0.1) is 0 Å². The van der Waals surface area contributed by atoms with Crippen LogP contribution in [0.1, 0.15) is 106 Å². The maximum absolute atomic E-state index is 12.6. The summed E-state index contributed by atoms with van der Waals surface area (Å²) >= 11 is 0. The summed E-state index contributed by atoms with van der Waals surface area (Å²) in [6, 6.07) is 10.6. The highest BCUT2D eigenvalue weighted by Crippen LogP contribution is 2.24. The third-order valence-corrected chi connectivity index (χ3v) is 6.23. The average molecular weight is 484 g/mol. The fourth-order valence-corrected chi connectivity index (χ4v) is 4.09. The van der Waals surface area contributed by atoms with Gasteiger partial charge in [0.15, 0.2) is 0 Å². The maximum atomic E-state index is 12.6. The lowest BCUT2D eigenvalue weighted by atomic mass is 10.0. The van der Waals surface area contributed by atoms with Crippen molar-refractivity contribution >= 4 is 17.3 Å². The molecule has 0 aromatic heterocycles. The molecule has 2 aromatic rings. The largest absolute Gasteiger partial charge is 0.346 e. The van der Waals surface area contributed by atoms with Gasteiger partial charge in [-0.3, -0.25) is 25.0 Å². The first-order valence-electron chi connectivity index (χ1n) is 12.7. The van der Waals surface area contributed by atoms with Crippen molar-refractivity contribution in [3.05, 3.63) is 79.4 Å². The zero-order chi connectivity index (χ0) is 25.6. The second-order valence-corrected chi connectivity index (χ2v) is 9.12. The number of hydrogen-bond acceptors (Lipinski definition) is 5. The molecule has 1 N–H and O–H groups in total. The lowest BCUT2D eigenvalue weighted by molar-refractivity contribution is -0.394. The summed E-state index contributed by atoms with van der Waals surface area (Å²) in [6.07, 6.45) is 14.1. The van der Waals surface area contributed by atoms with Crippen LogP contribution in [0.5, 0.6) is 0 Å². The van der Waals surface area contributed by atoms with Gasteiger partial charge in [0.1, 0.15) is 0 Å². The number of carbonyl (C=O) groups excluding carboxylic acids is 1. The van der Waals surface area contributed by atoms with Gasteiger partial charge in [-0.05, 0) is 30.9 Å². The Bertz CT molecular complexity index is 943. The Kier molecular flexibility index (Phi) is 11.9. The van der Waals surface area contributed by atoms with Crippen LogP contribution in [0, 0.1) is 20.2 Å². The van der Waals surface area contributed by atoms with E-state index in [9.17, 15) is 25.0 Å². The molecule has 2 aromatic carbocycles. The van der Waals surface area contributed by atoms with E-state index in [2.05, 4.69) is 24.4 Å². The number of benzene rings is 2. The lowest BCUT2D eigenvalue weighted by Crippen LogP contribution is -2.26. The van der Waals surface area contributed by atoms with E-state index in [1.807, 2.05) is 12.1 Å². The van der Waals surface area contributed by atoms with E-state index in [0.29, 0.717) is 0 Å². The molecular formula is C27H37N3O5. The van der Waals surface area contributed by atoms with E-state index in [1.54, 1.807) is 6.92 Å². The summed E-state index contributed by atoms with van der Waals surface area (Å²) in [6.45, 7) is 4.05. The first-order chi connectivity index (χ1) is 16.8. The molecule has 0 heterocycles. The minimum atomic E-state index is -0.749. The fraction of sp³-hybridized carbons (Fsp3) is 0.519. The maximum Gasteiger partial charge on any atom is 0.277 e. The third kappa shape index (κ3) is 9.84. The monoisotopic (exact) mass is 483 g/mol. The highest BCUT2D eigenvalue weighted by molar-refractivity contribution is 5.95. The van der Waals surface area contributed by atoms with Gasteiger partial charge < -0.3 is 5.32 Å². The van der Waals surface area contributed by atoms with Crippen LogP contribution in [0.4, 0.5) is 11.4 Å². The Hall–Kier alpha value is -3.29. The molecule has 0 saturated heterocycles. The minimum absolute atomic E-state index is 0.115. The van der Waals surface area contributed by atoms with E-state index in [1.165, 1.54) is 63.4 Å². The SMILES string of the molecule is CCCCCCCCCCCCc1ccc([C@H](C)NC(=O)c2cc([N+](=O)[O-])cc([N+](=O)[O-])c2)cc1. The van der Waals surface area contributed by atoms with Crippen LogP contribution < -0.4 is 5.32 Å². The van der Waals surface area contributed by atoms with Crippen LogP contribution in [-0.2, 0) is 6.42 Å². The molecule has 1 amide bonds. The van der Waals surface area contributed by atoms with E-state index >= 15 is 0 Å². The molecule has 0 aliphatic rings. The highest BCUT2D eigenvalue weighted by Gasteiger charge is 2.21. The standard InChI is InChI=1S/C27H37N3O5/c1-3-4-5-6-7-8-9-10-11-12-13-22-14-16-23(17-15-22)21(2)28-27(31)24-18-25(29(32)33)20-26(19-24)30(34)35/h14-21H,3-13H2,1-2H3,(H,28,31)/t21-/m0/s1. The lowest BCUT2D eigenvalue weighted by Gasteiger charge is -2.15. The summed E-state index contributed by atoms with van der Waals surface area (Å²) in [5, 5.41) is 24.9. The van der Waals surface area contributed by atoms with Crippen LogP contribution in [-0.4, -0.2) is 15.8 Å². The van der Waals surface area contributed by atoms with E-state index in [4.69, 9.17) is 0 Å². The smallest absolute Gasteiger partial charge is 0.277 e.